The summed E-state index contributed by atoms with van der Waals surface area (Å²) in [6.45, 7) is 2.56. The second-order valence-corrected chi connectivity index (χ2v) is 4.63. The van der Waals surface area contributed by atoms with Gasteiger partial charge in [0, 0.05) is 0 Å². The van der Waals surface area contributed by atoms with E-state index in [1.165, 1.54) is 6.33 Å². The van der Waals surface area contributed by atoms with Gasteiger partial charge in [0.15, 0.2) is 5.69 Å². The monoisotopic (exact) mass is 323 g/mol. The first-order valence-electron chi connectivity index (χ1n) is 5.88. The quantitative estimate of drug-likeness (QED) is 0.913. The zero-order valence-corrected chi connectivity index (χ0v) is 12.1. The lowest BCUT2D eigenvalue weighted by atomic mass is 10.3. The summed E-state index contributed by atoms with van der Waals surface area (Å²) in [5, 5.41) is 0. The summed E-state index contributed by atoms with van der Waals surface area (Å²) in [5.41, 5.74) is 6.23. The van der Waals surface area contributed by atoms with Gasteiger partial charge in [0.1, 0.15) is 12.1 Å². The average molecular weight is 324 g/mol. The molecule has 0 saturated carbocycles. The highest BCUT2D eigenvalue weighted by Gasteiger charge is 2.12. The van der Waals surface area contributed by atoms with Gasteiger partial charge in [-0.2, -0.15) is 9.97 Å². The van der Waals surface area contributed by atoms with Gasteiger partial charge in [-0.1, -0.05) is 19.1 Å². The van der Waals surface area contributed by atoms with Crippen molar-refractivity contribution in [1.82, 2.24) is 9.97 Å². The van der Waals surface area contributed by atoms with Gasteiger partial charge < -0.3 is 15.2 Å². The Hall–Kier alpha value is -1.82. The molecule has 100 valence electrons. The maximum atomic E-state index is 5.93. The van der Waals surface area contributed by atoms with Crippen molar-refractivity contribution in [2.45, 2.75) is 13.3 Å². The summed E-state index contributed by atoms with van der Waals surface area (Å²) in [6.07, 6.45) is 2.25. The predicted octanol–water partition coefficient (Wildman–Crippen LogP) is 3.40. The Labute approximate surface area is 119 Å². The van der Waals surface area contributed by atoms with Crippen LogP contribution in [0.1, 0.15) is 13.3 Å². The largest absolute Gasteiger partial charge is 0.476 e. The number of aromatic nitrogens is 2. The van der Waals surface area contributed by atoms with Crippen molar-refractivity contribution >= 4 is 21.6 Å². The van der Waals surface area contributed by atoms with Crippen LogP contribution in [-0.4, -0.2) is 16.6 Å². The number of nitrogen functional groups attached to an aromatic ring is 1. The van der Waals surface area contributed by atoms with Crippen LogP contribution in [0.25, 0.3) is 0 Å². The van der Waals surface area contributed by atoms with E-state index in [4.69, 9.17) is 15.2 Å². The number of nitrogens with zero attached hydrogens (tertiary/aromatic N) is 2. The van der Waals surface area contributed by atoms with Gasteiger partial charge in [-0.05, 0) is 34.5 Å². The van der Waals surface area contributed by atoms with E-state index in [9.17, 15) is 0 Å². The molecular formula is C13H14BrN3O2. The fourth-order valence-electron chi connectivity index (χ4n) is 1.39. The molecule has 5 nitrogen and oxygen atoms in total. The molecule has 6 heteroatoms. The van der Waals surface area contributed by atoms with Crippen molar-refractivity contribution in [1.29, 1.82) is 0 Å². The van der Waals surface area contributed by atoms with E-state index in [-0.39, 0.29) is 5.88 Å². The van der Waals surface area contributed by atoms with Crippen LogP contribution < -0.4 is 15.2 Å². The maximum Gasteiger partial charge on any atom is 0.249 e. The van der Waals surface area contributed by atoms with E-state index in [2.05, 4.69) is 25.9 Å². The van der Waals surface area contributed by atoms with Crippen LogP contribution in [-0.2, 0) is 0 Å². The molecule has 1 heterocycles. The number of halogens is 1. The van der Waals surface area contributed by atoms with E-state index < -0.39 is 0 Å². The summed E-state index contributed by atoms with van der Waals surface area (Å²) < 4.78 is 11.9. The summed E-state index contributed by atoms with van der Waals surface area (Å²) >= 11 is 3.40. The van der Waals surface area contributed by atoms with Gasteiger partial charge in [-0.15, -0.1) is 0 Å². The molecule has 0 aliphatic carbocycles. The average Bonchev–Trinajstić information content (AvgIpc) is 2.42. The smallest absolute Gasteiger partial charge is 0.249 e. The Bertz CT molecular complexity index is 563. The highest BCUT2D eigenvalue weighted by atomic mass is 79.9. The minimum absolute atomic E-state index is 0.285. The number of anilines is 1. The molecule has 19 heavy (non-hydrogen) atoms. The SMILES string of the molecule is CCCOc1ncnc(Oc2ccccc2Br)c1N. The van der Waals surface area contributed by atoms with Crippen molar-refractivity contribution in [3.63, 3.8) is 0 Å². The van der Waals surface area contributed by atoms with E-state index in [0.29, 0.717) is 23.9 Å². The van der Waals surface area contributed by atoms with Crippen molar-refractivity contribution in [3.05, 3.63) is 35.1 Å². The van der Waals surface area contributed by atoms with Crippen LogP contribution >= 0.6 is 15.9 Å². The van der Waals surface area contributed by atoms with Crippen molar-refractivity contribution < 1.29 is 9.47 Å². The molecule has 0 radical (unpaired) electrons. The Morgan fingerprint density at radius 3 is 2.68 bits per heavy atom. The molecule has 0 unspecified atom stereocenters. The third kappa shape index (κ3) is 3.35. The Balaban J connectivity index is 2.23. The van der Waals surface area contributed by atoms with Gasteiger partial charge in [0.2, 0.25) is 11.8 Å². The van der Waals surface area contributed by atoms with Gasteiger partial charge in [-0.25, -0.2) is 0 Å². The first kappa shape index (κ1) is 13.6. The third-order valence-electron chi connectivity index (χ3n) is 2.30. The van der Waals surface area contributed by atoms with E-state index in [0.717, 1.165) is 10.9 Å². The zero-order chi connectivity index (χ0) is 13.7. The van der Waals surface area contributed by atoms with Gasteiger partial charge >= 0.3 is 0 Å². The second-order valence-electron chi connectivity index (χ2n) is 3.78. The van der Waals surface area contributed by atoms with E-state index in [1.807, 2.05) is 31.2 Å². The number of para-hydroxylation sites is 1. The van der Waals surface area contributed by atoms with Crippen molar-refractivity contribution in [3.8, 4) is 17.5 Å². The number of hydrogen-bond acceptors (Lipinski definition) is 5. The fraction of sp³-hybridized carbons (Fsp3) is 0.231. The van der Waals surface area contributed by atoms with E-state index >= 15 is 0 Å². The molecule has 0 fully saturated rings. The highest BCUT2D eigenvalue weighted by molar-refractivity contribution is 9.10. The molecule has 0 saturated heterocycles. The molecular weight excluding hydrogens is 310 g/mol. The Morgan fingerprint density at radius 2 is 1.95 bits per heavy atom. The molecule has 1 aromatic carbocycles. The standard InChI is InChI=1S/C13H14BrN3O2/c1-2-7-18-12-11(15)13(17-8-16-12)19-10-6-4-3-5-9(10)14/h3-6,8H,2,7,15H2,1H3. The summed E-state index contributed by atoms with van der Waals surface area (Å²) in [4.78, 5) is 8.01. The zero-order valence-electron chi connectivity index (χ0n) is 10.5. The molecule has 0 atom stereocenters. The minimum atomic E-state index is 0.285. The fourth-order valence-corrected chi connectivity index (χ4v) is 1.76. The van der Waals surface area contributed by atoms with Gasteiger partial charge in [0.25, 0.3) is 0 Å². The van der Waals surface area contributed by atoms with E-state index in [1.54, 1.807) is 0 Å². The lowest BCUT2D eigenvalue weighted by Gasteiger charge is -2.11. The number of nitrogens with two attached hydrogens (primary N) is 1. The molecule has 0 aliphatic heterocycles. The lowest BCUT2D eigenvalue weighted by molar-refractivity contribution is 0.304. The van der Waals surface area contributed by atoms with Crippen LogP contribution in [0.4, 0.5) is 5.69 Å². The van der Waals surface area contributed by atoms with Crippen LogP contribution in [0.3, 0.4) is 0 Å². The van der Waals surface area contributed by atoms with Gasteiger partial charge in [-0.3, -0.25) is 0 Å². The van der Waals surface area contributed by atoms with Crippen molar-refractivity contribution in [2.75, 3.05) is 12.3 Å². The third-order valence-corrected chi connectivity index (χ3v) is 2.95. The highest BCUT2D eigenvalue weighted by Crippen LogP contribution is 2.33. The predicted molar refractivity (Wildman–Crippen MR) is 76.4 cm³/mol. The molecule has 2 aromatic rings. The molecule has 0 aliphatic rings. The lowest BCUT2D eigenvalue weighted by Crippen LogP contribution is -2.04. The molecule has 0 bridgehead atoms. The Morgan fingerprint density at radius 1 is 1.21 bits per heavy atom. The topological polar surface area (TPSA) is 70.3 Å². The number of ether oxygens (including phenoxy) is 2. The normalized spacial score (nSPS) is 10.2. The Kier molecular flexibility index (Phi) is 4.57. The molecule has 0 amide bonds. The maximum absolute atomic E-state index is 5.93. The van der Waals surface area contributed by atoms with Crippen molar-refractivity contribution in [2.24, 2.45) is 0 Å². The number of hydrogen-bond donors (Lipinski definition) is 1. The molecule has 2 rings (SSSR count). The summed E-state index contributed by atoms with van der Waals surface area (Å²) in [7, 11) is 0. The molecule has 1 aromatic heterocycles. The molecule has 0 spiro atoms. The van der Waals surface area contributed by atoms with Crippen LogP contribution in [0, 0.1) is 0 Å². The molecule has 2 N–H and O–H groups in total. The minimum Gasteiger partial charge on any atom is -0.476 e. The van der Waals surface area contributed by atoms with Crippen LogP contribution in [0.15, 0.2) is 35.1 Å². The first-order valence-corrected chi connectivity index (χ1v) is 6.67. The van der Waals surface area contributed by atoms with Crippen LogP contribution in [0.5, 0.6) is 17.5 Å². The second kappa shape index (κ2) is 6.38. The first-order chi connectivity index (χ1) is 9.22. The van der Waals surface area contributed by atoms with Crippen LogP contribution in [0.2, 0.25) is 0 Å². The number of rotatable bonds is 5. The summed E-state index contributed by atoms with van der Waals surface area (Å²) in [6, 6.07) is 7.46. The van der Waals surface area contributed by atoms with Gasteiger partial charge in [0.05, 0.1) is 11.1 Å². The number of benzene rings is 1. The summed E-state index contributed by atoms with van der Waals surface area (Å²) in [5.74, 6) is 1.27.